The number of alkyl halides is 3. The topological polar surface area (TPSA) is 42.0 Å². The van der Waals surface area contributed by atoms with Gasteiger partial charge in [0.15, 0.2) is 0 Å². The summed E-state index contributed by atoms with van der Waals surface area (Å²) in [6.45, 7) is 0. The molecule has 126 valence electrons. The van der Waals surface area contributed by atoms with Crippen LogP contribution in [0.25, 0.3) is 11.1 Å². The number of carbonyl (C=O) groups is 1. The number of rotatable bonds is 3. The lowest BCUT2D eigenvalue weighted by Gasteiger charge is -2.16. The predicted molar refractivity (Wildman–Crippen MR) is 89.1 cm³/mol. The van der Waals surface area contributed by atoms with Crippen LogP contribution in [0.2, 0.25) is 0 Å². The molecular weight excluding hydrogens is 329 g/mol. The highest BCUT2D eigenvalue weighted by Crippen LogP contribution is 2.39. The van der Waals surface area contributed by atoms with Gasteiger partial charge in [0.05, 0.1) is 5.56 Å². The van der Waals surface area contributed by atoms with Crippen molar-refractivity contribution in [2.45, 2.75) is 6.18 Å². The molecule has 0 radical (unpaired) electrons. The minimum Gasteiger partial charge on any atom is -0.321 e. The molecule has 6 heteroatoms. The van der Waals surface area contributed by atoms with Crippen LogP contribution in [0.1, 0.15) is 15.9 Å². The molecule has 0 aliphatic rings. The maximum Gasteiger partial charge on any atom is 0.417 e. The summed E-state index contributed by atoms with van der Waals surface area (Å²) >= 11 is 0. The molecule has 0 aliphatic heterocycles. The third-order valence-corrected chi connectivity index (χ3v) is 3.64. The highest BCUT2D eigenvalue weighted by atomic mass is 19.4. The average molecular weight is 342 g/mol. The number of carbonyl (C=O) groups excluding carboxylic acids is 1. The minimum atomic E-state index is -4.49. The number of aromatic nitrogens is 1. The molecule has 2 aromatic carbocycles. The maximum absolute atomic E-state index is 13.3. The Hall–Kier alpha value is -3.15. The molecule has 1 amide bonds. The molecule has 3 rings (SSSR count). The SMILES string of the molecule is O=C(Nc1ccccc1-c1ccccc1C(F)(F)F)c1ccncc1. The fourth-order valence-electron chi connectivity index (χ4n) is 2.49. The third kappa shape index (κ3) is 3.68. The Morgan fingerprint density at radius 1 is 0.840 bits per heavy atom. The zero-order valence-corrected chi connectivity index (χ0v) is 12.9. The van der Waals surface area contributed by atoms with E-state index in [0.717, 1.165) is 6.07 Å². The molecule has 3 aromatic rings. The van der Waals surface area contributed by atoms with Crippen molar-refractivity contribution in [3.8, 4) is 11.1 Å². The third-order valence-electron chi connectivity index (χ3n) is 3.64. The summed E-state index contributed by atoms with van der Waals surface area (Å²) < 4.78 is 39.9. The molecule has 1 aromatic heterocycles. The quantitative estimate of drug-likeness (QED) is 0.726. The van der Waals surface area contributed by atoms with Gasteiger partial charge in [0, 0.05) is 29.2 Å². The van der Waals surface area contributed by atoms with E-state index in [2.05, 4.69) is 10.3 Å². The first-order chi connectivity index (χ1) is 12.0. The van der Waals surface area contributed by atoms with Gasteiger partial charge in [-0.1, -0.05) is 36.4 Å². The van der Waals surface area contributed by atoms with E-state index in [9.17, 15) is 18.0 Å². The summed E-state index contributed by atoms with van der Waals surface area (Å²) in [4.78, 5) is 16.2. The smallest absolute Gasteiger partial charge is 0.321 e. The van der Waals surface area contributed by atoms with Crippen LogP contribution in [-0.4, -0.2) is 10.9 Å². The molecule has 0 unspecified atom stereocenters. The summed E-state index contributed by atoms with van der Waals surface area (Å²) in [6.07, 6.45) is -1.54. The summed E-state index contributed by atoms with van der Waals surface area (Å²) in [5.41, 5.74) is 0.244. The number of halogens is 3. The molecule has 0 bridgehead atoms. The first kappa shape index (κ1) is 16.7. The minimum absolute atomic E-state index is 0.0145. The van der Waals surface area contributed by atoms with E-state index >= 15 is 0 Å². The lowest BCUT2D eigenvalue weighted by atomic mass is 9.97. The van der Waals surface area contributed by atoms with Crippen molar-refractivity contribution in [3.63, 3.8) is 0 Å². The van der Waals surface area contributed by atoms with E-state index in [0.29, 0.717) is 16.8 Å². The standard InChI is InChI=1S/C19H13F3N2O/c20-19(21,22)16-7-3-1-5-14(16)15-6-2-4-8-17(15)24-18(25)13-9-11-23-12-10-13/h1-12H,(H,24,25). The number of anilines is 1. The van der Waals surface area contributed by atoms with E-state index in [-0.39, 0.29) is 5.56 Å². The number of nitrogens with one attached hydrogen (secondary N) is 1. The first-order valence-electron chi connectivity index (χ1n) is 7.44. The van der Waals surface area contributed by atoms with Crippen molar-refractivity contribution in [2.24, 2.45) is 0 Å². The van der Waals surface area contributed by atoms with Crippen molar-refractivity contribution in [1.29, 1.82) is 0 Å². The zero-order chi connectivity index (χ0) is 17.9. The lowest BCUT2D eigenvalue weighted by Crippen LogP contribution is -2.13. The molecule has 0 atom stereocenters. The number of hydrogen-bond acceptors (Lipinski definition) is 2. The number of amides is 1. The van der Waals surface area contributed by atoms with Crippen LogP contribution >= 0.6 is 0 Å². The number of hydrogen-bond donors (Lipinski definition) is 1. The highest BCUT2D eigenvalue weighted by Gasteiger charge is 2.33. The summed E-state index contributed by atoms with van der Waals surface area (Å²) in [7, 11) is 0. The van der Waals surface area contributed by atoms with Crippen LogP contribution in [0.5, 0.6) is 0 Å². The van der Waals surface area contributed by atoms with E-state index < -0.39 is 17.6 Å². The van der Waals surface area contributed by atoms with Gasteiger partial charge in [-0.15, -0.1) is 0 Å². The zero-order valence-electron chi connectivity index (χ0n) is 12.9. The summed E-state index contributed by atoms with van der Waals surface area (Å²) in [6, 6.07) is 14.7. The van der Waals surface area contributed by atoms with Gasteiger partial charge < -0.3 is 5.32 Å². The van der Waals surface area contributed by atoms with Gasteiger partial charge in [-0.25, -0.2) is 0 Å². The number of benzene rings is 2. The van der Waals surface area contributed by atoms with E-state index in [4.69, 9.17) is 0 Å². The van der Waals surface area contributed by atoms with Crippen LogP contribution in [-0.2, 0) is 6.18 Å². The van der Waals surface area contributed by atoms with Crippen molar-refractivity contribution >= 4 is 11.6 Å². The molecule has 1 heterocycles. The average Bonchev–Trinajstić information content (AvgIpc) is 2.62. The van der Waals surface area contributed by atoms with E-state index in [1.54, 1.807) is 24.3 Å². The van der Waals surface area contributed by atoms with Crippen LogP contribution in [0.15, 0.2) is 73.1 Å². The van der Waals surface area contributed by atoms with Crippen LogP contribution in [0, 0.1) is 0 Å². The molecular formula is C19H13F3N2O. The van der Waals surface area contributed by atoms with Crippen molar-refractivity contribution < 1.29 is 18.0 Å². The summed E-state index contributed by atoms with van der Waals surface area (Å²) in [5, 5.41) is 2.67. The molecule has 3 nitrogen and oxygen atoms in total. The molecule has 25 heavy (non-hydrogen) atoms. The van der Waals surface area contributed by atoms with Gasteiger partial charge in [-0.2, -0.15) is 13.2 Å². The van der Waals surface area contributed by atoms with Crippen molar-refractivity contribution in [2.75, 3.05) is 5.32 Å². The largest absolute Gasteiger partial charge is 0.417 e. The Morgan fingerprint density at radius 2 is 1.44 bits per heavy atom. The molecule has 0 saturated heterocycles. The van der Waals surface area contributed by atoms with Gasteiger partial charge >= 0.3 is 6.18 Å². The number of pyridine rings is 1. The highest BCUT2D eigenvalue weighted by molar-refractivity contribution is 6.06. The normalized spacial score (nSPS) is 11.2. The fourth-order valence-corrected chi connectivity index (χ4v) is 2.49. The fraction of sp³-hybridized carbons (Fsp3) is 0.0526. The second-order valence-electron chi connectivity index (χ2n) is 5.28. The lowest BCUT2D eigenvalue weighted by molar-refractivity contribution is -0.137. The molecule has 0 saturated carbocycles. The molecule has 1 N–H and O–H groups in total. The Labute approximate surface area is 142 Å². The Morgan fingerprint density at radius 3 is 2.12 bits per heavy atom. The van der Waals surface area contributed by atoms with Gasteiger partial charge in [0.2, 0.25) is 0 Å². The Bertz CT molecular complexity index is 892. The van der Waals surface area contributed by atoms with Gasteiger partial charge in [-0.3, -0.25) is 9.78 Å². The second kappa shape index (κ2) is 6.76. The number of nitrogens with zero attached hydrogens (tertiary/aromatic N) is 1. The Kier molecular flexibility index (Phi) is 4.52. The van der Waals surface area contributed by atoms with Crippen LogP contribution in [0.3, 0.4) is 0 Å². The van der Waals surface area contributed by atoms with E-state index in [1.807, 2.05) is 0 Å². The van der Waals surface area contributed by atoms with Crippen LogP contribution in [0.4, 0.5) is 18.9 Å². The summed E-state index contributed by atoms with van der Waals surface area (Å²) in [5.74, 6) is -0.417. The van der Waals surface area contributed by atoms with Gasteiger partial charge in [-0.05, 0) is 29.8 Å². The second-order valence-corrected chi connectivity index (χ2v) is 5.28. The maximum atomic E-state index is 13.3. The van der Waals surface area contributed by atoms with Crippen molar-refractivity contribution in [3.05, 3.63) is 84.2 Å². The molecule has 0 spiro atoms. The molecule has 0 aliphatic carbocycles. The first-order valence-corrected chi connectivity index (χ1v) is 7.44. The van der Waals surface area contributed by atoms with Gasteiger partial charge in [0.25, 0.3) is 5.91 Å². The van der Waals surface area contributed by atoms with Gasteiger partial charge in [0.1, 0.15) is 0 Å². The predicted octanol–water partition coefficient (Wildman–Crippen LogP) is 5.02. The monoisotopic (exact) mass is 342 g/mol. The molecule has 0 fully saturated rings. The van der Waals surface area contributed by atoms with Crippen molar-refractivity contribution in [1.82, 2.24) is 4.98 Å². The van der Waals surface area contributed by atoms with E-state index in [1.165, 1.54) is 42.7 Å². The Balaban J connectivity index is 2.02. The number of para-hydroxylation sites is 1. The van der Waals surface area contributed by atoms with Crippen LogP contribution < -0.4 is 5.32 Å².